The summed E-state index contributed by atoms with van der Waals surface area (Å²) < 4.78 is 12.3. The lowest BCUT2D eigenvalue weighted by molar-refractivity contribution is -0.122. The van der Waals surface area contributed by atoms with Gasteiger partial charge in [-0.15, -0.1) is 0 Å². The van der Waals surface area contributed by atoms with Crippen molar-refractivity contribution in [3.63, 3.8) is 0 Å². The molecule has 1 fully saturated rings. The average Bonchev–Trinajstić information content (AvgIpc) is 2.82. The lowest BCUT2D eigenvalue weighted by atomic mass is 10.1. The molecule has 3 aromatic carbocycles. The van der Waals surface area contributed by atoms with Crippen LogP contribution in [-0.4, -0.2) is 24.5 Å². The minimum absolute atomic E-state index is 0.182. The van der Waals surface area contributed by atoms with Crippen LogP contribution >= 0.6 is 39.1 Å². The number of amides is 4. The maximum absolute atomic E-state index is 13.1. The van der Waals surface area contributed by atoms with Gasteiger partial charge < -0.3 is 9.47 Å². The molecule has 0 unspecified atom stereocenters. The Bertz CT molecular complexity index is 1390. The quantitative estimate of drug-likeness (QED) is 0.255. The highest BCUT2D eigenvalue weighted by atomic mass is 79.9. The Balaban J connectivity index is 1.61. The second kappa shape index (κ2) is 11.2. The fourth-order valence-electron chi connectivity index (χ4n) is 3.47. The minimum Gasteiger partial charge on any atom is -0.490 e. The van der Waals surface area contributed by atoms with Gasteiger partial charge in [0.2, 0.25) is 0 Å². The number of nitrogens with one attached hydrogen (secondary N) is 1. The normalized spacial score (nSPS) is 14.7. The topological polar surface area (TPSA) is 84.9 Å². The van der Waals surface area contributed by atoms with Crippen LogP contribution in [0, 0.1) is 0 Å². The fourth-order valence-corrected chi connectivity index (χ4v) is 4.32. The molecule has 36 heavy (non-hydrogen) atoms. The standard InChI is InChI=1S/C26H19BrCl2N2O5/c1-2-35-23-11-15(6-9-22(23)36-14-16-7-8-18(28)13-21(16)29)10-20-24(32)30-26(34)31(25(20)33)19-5-3-4-17(27)12-19/h3-13H,2,14H2,1H3,(H,30,32,34)/b20-10+. The molecular formula is C26H19BrCl2N2O5. The molecule has 0 aromatic heterocycles. The molecule has 7 nitrogen and oxygen atoms in total. The largest absolute Gasteiger partial charge is 0.490 e. The van der Waals surface area contributed by atoms with Crippen molar-refractivity contribution in [1.82, 2.24) is 5.32 Å². The summed E-state index contributed by atoms with van der Waals surface area (Å²) in [5, 5.41) is 3.22. The molecule has 3 aromatic rings. The van der Waals surface area contributed by atoms with E-state index in [0.717, 1.165) is 10.5 Å². The summed E-state index contributed by atoms with van der Waals surface area (Å²) in [5.41, 5.74) is 1.39. The third-order valence-electron chi connectivity index (χ3n) is 5.14. The second-order valence-electron chi connectivity index (χ2n) is 7.60. The molecule has 1 aliphatic rings. The monoisotopic (exact) mass is 588 g/mol. The first-order valence-electron chi connectivity index (χ1n) is 10.8. The zero-order chi connectivity index (χ0) is 25.8. The number of carbonyl (C=O) groups excluding carboxylic acids is 3. The van der Waals surface area contributed by atoms with Crippen LogP contribution in [0.15, 0.2) is 70.7 Å². The zero-order valence-corrected chi connectivity index (χ0v) is 22.0. The lowest BCUT2D eigenvalue weighted by Gasteiger charge is -2.26. The van der Waals surface area contributed by atoms with E-state index in [4.69, 9.17) is 32.7 Å². The summed E-state index contributed by atoms with van der Waals surface area (Å²) in [5.74, 6) is -0.652. The van der Waals surface area contributed by atoms with Crippen LogP contribution in [0.3, 0.4) is 0 Å². The van der Waals surface area contributed by atoms with E-state index >= 15 is 0 Å². The molecule has 0 aliphatic carbocycles. The molecule has 4 amide bonds. The highest BCUT2D eigenvalue weighted by Gasteiger charge is 2.36. The molecule has 0 spiro atoms. The predicted octanol–water partition coefficient (Wildman–Crippen LogP) is 6.40. The third-order valence-corrected chi connectivity index (χ3v) is 6.23. The molecule has 10 heteroatoms. The van der Waals surface area contributed by atoms with Gasteiger partial charge in [0.25, 0.3) is 11.8 Å². The van der Waals surface area contributed by atoms with E-state index in [1.165, 1.54) is 6.08 Å². The number of imide groups is 2. The summed E-state index contributed by atoms with van der Waals surface area (Å²) in [6.07, 6.45) is 1.40. The first-order valence-corrected chi connectivity index (χ1v) is 12.3. The van der Waals surface area contributed by atoms with Gasteiger partial charge in [-0.2, -0.15) is 0 Å². The SMILES string of the molecule is CCOc1cc(/C=C2\C(=O)NC(=O)N(c3cccc(Br)c3)C2=O)ccc1OCc1ccc(Cl)cc1Cl. The molecule has 0 saturated carbocycles. The average molecular weight is 590 g/mol. The molecular weight excluding hydrogens is 571 g/mol. The molecule has 1 aliphatic heterocycles. The number of nitrogens with zero attached hydrogens (tertiary/aromatic N) is 1. The Labute approximate surface area is 225 Å². The predicted molar refractivity (Wildman–Crippen MR) is 142 cm³/mol. The van der Waals surface area contributed by atoms with Gasteiger partial charge in [0.15, 0.2) is 11.5 Å². The number of rotatable bonds is 7. The van der Waals surface area contributed by atoms with Crippen LogP contribution in [0.25, 0.3) is 6.08 Å². The maximum Gasteiger partial charge on any atom is 0.335 e. The van der Waals surface area contributed by atoms with Crippen LogP contribution in [0.1, 0.15) is 18.1 Å². The minimum atomic E-state index is -0.820. The van der Waals surface area contributed by atoms with Crippen molar-refractivity contribution in [1.29, 1.82) is 0 Å². The summed E-state index contributed by atoms with van der Waals surface area (Å²) in [4.78, 5) is 39.0. The summed E-state index contributed by atoms with van der Waals surface area (Å²) in [6, 6.07) is 16.0. The van der Waals surface area contributed by atoms with Gasteiger partial charge in [0.05, 0.1) is 12.3 Å². The smallest absolute Gasteiger partial charge is 0.335 e. The Hall–Kier alpha value is -3.33. The van der Waals surface area contributed by atoms with Gasteiger partial charge in [-0.05, 0) is 61.0 Å². The van der Waals surface area contributed by atoms with E-state index < -0.39 is 17.8 Å². The number of anilines is 1. The Morgan fingerprint density at radius 3 is 2.50 bits per heavy atom. The molecule has 1 N–H and O–H groups in total. The summed E-state index contributed by atoms with van der Waals surface area (Å²) in [7, 11) is 0. The number of hydrogen-bond acceptors (Lipinski definition) is 5. The molecule has 1 saturated heterocycles. The third kappa shape index (κ3) is 5.73. The Kier molecular flexibility index (Phi) is 7.98. The first-order chi connectivity index (χ1) is 17.3. The number of barbiturate groups is 1. The number of benzene rings is 3. The number of hydrogen-bond donors (Lipinski definition) is 1. The van der Waals surface area contributed by atoms with Crippen LogP contribution in [0.2, 0.25) is 10.0 Å². The van der Waals surface area contributed by atoms with Crippen molar-refractivity contribution < 1.29 is 23.9 Å². The highest BCUT2D eigenvalue weighted by molar-refractivity contribution is 9.10. The van der Waals surface area contributed by atoms with E-state index in [9.17, 15) is 14.4 Å². The Morgan fingerprint density at radius 2 is 1.78 bits per heavy atom. The van der Waals surface area contributed by atoms with Crippen molar-refractivity contribution in [2.45, 2.75) is 13.5 Å². The molecule has 0 atom stereocenters. The summed E-state index contributed by atoms with van der Waals surface area (Å²) in [6.45, 7) is 2.37. The molecule has 0 bridgehead atoms. The molecule has 184 valence electrons. The number of urea groups is 1. The highest BCUT2D eigenvalue weighted by Crippen LogP contribution is 2.32. The van der Waals surface area contributed by atoms with E-state index in [0.29, 0.717) is 43.9 Å². The molecule has 1 heterocycles. The van der Waals surface area contributed by atoms with Crippen LogP contribution < -0.4 is 19.7 Å². The fraction of sp³-hybridized carbons (Fsp3) is 0.115. The van der Waals surface area contributed by atoms with Crippen molar-refractivity contribution in [2.75, 3.05) is 11.5 Å². The van der Waals surface area contributed by atoms with Crippen molar-refractivity contribution in [3.8, 4) is 11.5 Å². The van der Waals surface area contributed by atoms with E-state index in [1.54, 1.807) is 60.7 Å². The number of halogens is 3. The number of carbonyl (C=O) groups is 3. The van der Waals surface area contributed by atoms with Gasteiger partial charge in [0.1, 0.15) is 12.2 Å². The lowest BCUT2D eigenvalue weighted by Crippen LogP contribution is -2.54. The van der Waals surface area contributed by atoms with Crippen molar-refractivity contribution in [2.24, 2.45) is 0 Å². The molecule has 0 radical (unpaired) electrons. The Morgan fingerprint density at radius 1 is 0.972 bits per heavy atom. The van der Waals surface area contributed by atoms with Gasteiger partial charge in [0, 0.05) is 20.1 Å². The van der Waals surface area contributed by atoms with Crippen LogP contribution in [0.5, 0.6) is 11.5 Å². The van der Waals surface area contributed by atoms with Crippen molar-refractivity contribution in [3.05, 3.63) is 91.9 Å². The van der Waals surface area contributed by atoms with Gasteiger partial charge in [-0.3, -0.25) is 14.9 Å². The maximum atomic E-state index is 13.1. The van der Waals surface area contributed by atoms with Gasteiger partial charge in [-0.25, -0.2) is 9.69 Å². The van der Waals surface area contributed by atoms with Crippen LogP contribution in [0.4, 0.5) is 10.5 Å². The number of ether oxygens (including phenoxy) is 2. The van der Waals surface area contributed by atoms with E-state index in [2.05, 4.69) is 21.2 Å². The van der Waals surface area contributed by atoms with E-state index in [-0.39, 0.29) is 12.2 Å². The zero-order valence-electron chi connectivity index (χ0n) is 18.9. The van der Waals surface area contributed by atoms with E-state index in [1.807, 2.05) is 6.92 Å². The van der Waals surface area contributed by atoms with Crippen molar-refractivity contribution >= 4 is 68.7 Å². The van der Waals surface area contributed by atoms with Gasteiger partial charge in [-0.1, -0.05) is 57.3 Å². The first kappa shape index (κ1) is 25.8. The molecule has 4 rings (SSSR count). The second-order valence-corrected chi connectivity index (χ2v) is 9.36. The van der Waals surface area contributed by atoms with Gasteiger partial charge >= 0.3 is 6.03 Å². The summed E-state index contributed by atoms with van der Waals surface area (Å²) >= 11 is 15.5. The van der Waals surface area contributed by atoms with Crippen LogP contribution in [-0.2, 0) is 16.2 Å².